The molecule has 0 radical (unpaired) electrons. The number of nitrogens with one attached hydrogen (secondary N) is 1. The molecule has 7 nitrogen and oxygen atoms in total. The molecule has 1 aliphatic rings. The molecule has 5 atom stereocenters. The third kappa shape index (κ3) is 3.51. The predicted octanol–water partition coefficient (Wildman–Crippen LogP) is 0.0236. The van der Waals surface area contributed by atoms with Crippen LogP contribution < -0.4 is 5.32 Å². The maximum Gasteiger partial charge on any atom is 0.251 e. The van der Waals surface area contributed by atoms with E-state index >= 15 is 0 Å². The molecule has 0 aliphatic carbocycles. The molecule has 1 heterocycles. The van der Waals surface area contributed by atoms with Crippen molar-refractivity contribution in [1.29, 1.82) is 0 Å². The van der Waals surface area contributed by atoms with E-state index in [1.54, 1.807) is 12.1 Å². The molecule has 1 aliphatic heterocycles. The lowest BCUT2D eigenvalue weighted by atomic mass is 9.95. The minimum Gasteiger partial charge on any atom is -0.394 e. The first kappa shape index (κ1) is 17.8. The summed E-state index contributed by atoms with van der Waals surface area (Å²) in [5.74, 6) is -0.442. The summed E-state index contributed by atoms with van der Waals surface area (Å²) >= 11 is 0. The first-order chi connectivity index (χ1) is 12.0. The van der Waals surface area contributed by atoms with Crippen LogP contribution in [-0.4, -0.2) is 65.6 Å². The molecule has 2 aromatic rings. The van der Waals surface area contributed by atoms with Crippen molar-refractivity contribution < 1.29 is 29.6 Å². The number of carbonyl (C=O) groups excluding carboxylic acids is 1. The number of hydrogen-bond donors (Lipinski definition) is 4. The van der Waals surface area contributed by atoms with E-state index in [9.17, 15) is 20.1 Å². The highest BCUT2D eigenvalue weighted by Gasteiger charge is 2.45. The number of amides is 1. The van der Waals surface area contributed by atoms with Crippen LogP contribution in [0.3, 0.4) is 0 Å². The van der Waals surface area contributed by atoms with Gasteiger partial charge >= 0.3 is 0 Å². The van der Waals surface area contributed by atoms with Crippen molar-refractivity contribution in [2.45, 2.75) is 30.6 Å². The van der Waals surface area contributed by atoms with E-state index in [0.29, 0.717) is 5.56 Å². The molecule has 25 heavy (non-hydrogen) atoms. The van der Waals surface area contributed by atoms with E-state index in [4.69, 9.17) is 9.47 Å². The molecular formula is C18H21NO6. The monoisotopic (exact) mass is 347 g/mol. The first-order valence-corrected chi connectivity index (χ1v) is 8.00. The van der Waals surface area contributed by atoms with Crippen molar-refractivity contribution in [3.8, 4) is 0 Å². The molecule has 4 N–H and O–H groups in total. The Labute approximate surface area is 144 Å². The minimum atomic E-state index is -1.27. The number of benzene rings is 2. The molecule has 0 bridgehead atoms. The molecule has 0 unspecified atom stereocenters. The van der Waals surface area contributed by atoms with E-state index in [-0.39, 0.29) is 0 Å². The van der Waals surface area contributed by atoms with Crippen LogP contribution in [0.2, 0.25) is 0 Å². The molecule has 1 fully saturated rings. The molecule has 0 aromatic heterocycles. The van der Waals surface area contributed by atoms with Crippen molar-refractivity contribution in [2.75, 3.05) is 13.7 Å². The van der Waals surface area contributed by atoms with E-state index in [1.807, 2.05) is 30.3 Å². The smallest absolute Gasteiger partial charge is 0.251 e. The Bertz CT molecular complexity index is 735. The Morgan fingerprint density at radius 2 is 1.88 bits per heavy atom. The van der Waals surface area contributed by atoms with E-state index < -0.39 is 43.2 Å². The summed E-state index contributed by atoms with van der Waals surface area (Å²) in [6.07, 6.45) is -4.55. The lowest BCUT2D eigenvalue weighted by Crippen LogP contribution is -2.64. The van der Waals surface area contributed by atoms with Crippen molar-refractivity contribution in [2.24, 2.45) is 0 Å². The van der Waals surface area contributed by atoms with Crippen LogP contribution in [0.4, 0.5) is 0 Å². The SMILES string of the molecule is CO[C@@H]1O[C@H](CO)[C@H](O)[C@H](NC(=O)c2ccc3ccccc3c2)[C@@H]1O. The number of carbonyl (C=O) groups is 1. The first-order valence-electron chi connectivity index (χ1n) is 8.00. The van der Waals surface area contributed by atoms with Gasteiger partial charge in [-0.25, -0.2) is 0 Å². The number of ether oxygens (including phenoxy) is 2. The van der Waals surface area contributed by atoms with Crippen LogP contribution in [0.25, 0.3) is 10.8 Å². The fourth-order valence-corrected chi connectivity index (χ4v) is 3.02. The highest BCUT2D eigenvalue weighted by molar-refractivity contribution is 5.98. The minimum absolute atomic E-state index is 0.402. The summed E-state index contributed by atoms with van der Waals surface area (Å²) in [4.78, 5) is 12.6. The Hall–Kier alpha value is -2.03. The van der Waals surface area contributed by atoms with Gasteiger partial charge in [0.1, 0.15) is 18.3 Å². The van der Waals surface area contributed by atoms with Gasteiger partial charge in [-0.05, 0) is 22.9 Å². The summed E-state index contributed by atoms with van der Waals surface area (Å²) < 4.78 is 10.3. The number of aliphatic hydroxyl groups is 3. The van der Waals surface area contributed by atoms with Gasteiger partial charge in [0.25, 0.3) is 5.91 Å². The summed E-state index contributed by atoms with van der Waals surface area (Å²) in [5, 5.41) is 34.4. The van der Waals surface area contributed by atoms with Gasteiger partial charge < -0.3 is 30.1 Å². The zero-order valence-corrected chi connectivity index (χ0v) is 13.7. The number of methoxy groups -OCH3 is 1. The third-order valence-electron chi connectivity index (χ3n) is 4.43. The standard InChI is InChI=1S/C18H21NO6/c1-24-18-16(22)14(15(21)13(9-20)25-18)19-17(23)12-7-6-10-4-2-3-5-11(10)8-12/h2-8,13-16,18,20-22H,9H2,1H3,(H,19,23)/t13-,14+,15+,16+,18-/m1/s1. The Morgan fingerprint density at radius 3 is 2.56 bits per heavy atom. The predicted molar refractivity (Wildman–Crippen MR) is 90.0 cm³/mol. The van der Waals surface area contributed by atoms with Gasteiger partial charge in [0.15, 0.2) is 6.29 Å². The molecule has 2 aromatic carbocycles. The molecule has 3 rings (SSSR count). The second kappa shape index (κ2) is 7.47. The van der Waals surface area contributed by atoms with Crippen LogP contribution in [-0.2, 0) is 9.47 Å². The van der Waals surface area contributed by atoms with Crippen LogP contribution >= 0.6 is 0 Å². The number of rotatable bonds is 4. The fourth-order valence-electron chi connectivity index (χ4n) is 3.02. The van der Waals surface area contributed by atoms with Crippen LogP contribution in [0, 0.1) is 0 Å². The maximum atomic E-state index is 12.6. The quantitative estimate of drug-likeness (QED) is 0.621. The topological polar surface area (TPSA) is 108 Å². The highest BCUT2D eigenvalue weighted by atomic mass is 16.7. The zero-order valence-electron chi connectivity index (χ0n) is 13.7. The van der Waals surface area contributed by atoms with Gasteiger partial charge in [-0.1, -0.05) is 30.3 Å². The van der Waals surface area contributed by atoms with Crippen molar-refractivity contribution in [3.63, 3.8) is 0 Å². The average molecular weight is 347 g/mol. The lowest BCUT2D eigenvalue weighted by molar-refractivity contribution is -0.270. The maximum absolute atomic E-state index is 12.6. The number of aliphatic hydroxyl groups excluding tert-OH is 3. The van der Waals surface area contributed by atoms with Gasteiger partial charge in [0.05, 0.1) is 12.6 Å². The molecule has 134 valence electrons. The van der Waals surface area contributed by atoms with Crippen LogP contribution in [0.1, 0.15) is 10.4 Å². The summed E-state index contributed by atoms with van der Waals surface area (Å²) in [6.45, 7) is -0.462. The normalized spacial score (nSPS) is 29.5. The van der Waals surface area contributed by atoms with Gasteiger partial charge in [-0.15, -0.1) is 0 Å². The van der Waals surface area contributed by atoms with Gasteiger partial charge in [-0.2, -0.15) is 0 Å². The van der Waals surface area contributed by atoms with Crippen molar-refractivity contribution in [3.05, 3.63) is 48.0 Å². The van der Waals surface area contributed by atoms with Gasteiger partial charge in [0.2, 0.25) is 0 Å². The van der Waals surface area contributed by atoms with Crippen LogP contribution in [0.5, 0.6) is 0 Å². The van der Waals surface area contributed by atoms with E-state index in [0.717, 1.165) is 10.8 Å². The largest absolute Gasteiger partial charge is 0.394 e. The molecular weight excluding hydrogens is 326 g/mol. The molecule has 0 saturated carbocycles. The zero-order chi connectivity index (χ0) is 18.0. The third-order valence-corrected chi connectivity index (χ3v) is 4.43. The average Bonchev–Trinajstić information content (AvgIpc) is 2.64. The highest BCUT2D eigenvalue weighted by Crippen LogP contribution is 2.22. The second-order valence-electron chi connectivity index (χ2n) is 6.00. The Morgan fingerprint density at radius 1 is 1.16 bits per heavy atom. The van der Waals surface area contributed by atoms with E-state index in [2.05, 4.69) is 5.32 Å². The molecule has 1 saturated heterocycles. The lowest BCUT2D eigenvalue weighted by Gasteiger charge is -2.41. The number of hydrogen-bond acceptors (Lipinski definition) is 6. The summed E-state index contributed by atoms with van der Waals surface area (Å²) in [6, 6.07) is 11.8. The molecule has 7 heteroatoms. The number of fused-ring (bicyclic) bond motifs is 1. The van der Waals surface area contributed by atoms with Crippen LogP contribution in [0.15, 0.2) is 42.5 Å². The van der Waals surface area contributed by atoms with Crippen molar-refractivity contribution in [1.82, 2.24) is 5.32 Å². The second-order valence-corrected chi connectivity index (χ2v) is 6.00. The van der Waals surface area contributed by atoms with Gasteiger partial charge in [0, 0.05) is 12.7 Å². The van der Waals surface area contributed by atoms with E-state index in [1.165, 1.54) is 7.11 Å². The van der Waals surface area contributed by atoms with Gasteiger partial charge in [-0.3, -0.25) is 4.79 Å². The molecule has 1 amide bonds. The molecule has 0 spiro atoms. The fraction of sp³-hybridized carbons (Fsp3) is 0.389. The Balaban J connectivity index is 1.81. The summed E-state index contributed by atoms with van der Waals surface area (Å²) in [7, 11) is 1.34. The van der Waals surface area contributed by atoms with Crippen molar-refractivity contribution >= 4 is 16.7 Å². The summed E-state index contributed by atoms with van der Waals surface area (Å²) in [5.41, 5.74) is 0.402. The Kier molecular flexibility index (Phi) is 5.31.